The highest BCUT2D eigenvalue weighted by atomic mass is 32.1. The molecule has 3 N–H and O–H groups in total. The molecule has 0 fully saturated rings. The maximum absolute atomic E-state index is 12.6. The minimum absolute atomic E-state index is 0.00875. The minimum atomic E-state index is -0.675. The van der Waals surface area contributed by atoms with E-state index in [2.05, 4.69) is 26.1 Å². The van der Waals surface area contributed by atoms with E-state index >= 15 is 0 Å². The molecule has 0 aliphatic rings. The van der Waals surface area contributed by atoms with Crippen molar-refractivity contribution in [2.75, 3.05) is 0 Å². The molecular formula is C14H28N2OS. The highest BCUT2D eigenvalue weighted by Gasteiger charge is 2.41. The van der Waals surface area contributed by atoms with E-state index in [1.54, 1.807) is 0 Å². The molecule has 0 unspecified atom stereocenters. The molecule has 18 heavy (non-hydrogen) atoms. The van der Waals surface area contributed by atoms with E-state index in [4.69, 9.17) is 18.0 Å². The topological polar surface area (TPSA) is 55.1 Å². The summed E-state index contributed by atoms with van der Waals surface area (Å²) in [5.41, 5.74) is 4.99. The van der Waals surface area contributed by atoms with Crippen LogP contribution in [0, 0.1) is 5.41 Å². The zero-order chi connectivity index (χ0) is 14.4. The van der Waals surface area contributed by atoms with Crippen LogP contribution in [0.15, 0.2) is 0 Å². The lowest BCUT2D eigenvalue weighted by Gasteiger charge is -2.35. The Balaban J connectivity index is 5.17. The molecule has 0 heterocycles. The largest absolute Gasteiger partial charge is 0.392 e. The van der Waals surface area contributed by atoms with Crippen molar-refractivity contribution in [1.82, 2.24) is 5.32 Å². The van der Waals surface area contributed by atoms with Gasteiger partial charge >= 0.3 is 0 Å². The van der Waals surface area contributed by atoms with Gasteiger partial charge in [-0.2, -0.15) is 0 Å². The zero-order valence-electron chi connectivity index (χ0n) is 12.4. The minimum Gasteiger partial charge on any atom is -0.392 e. The molecule has 0 aromatic carbocycles. The van der Waals surface area contributed by atoms with Crippen LogP contribution in [0.4, 0.5) is 0 Å². The smallest absolute Gasteiger partial charge is 0.233 e. The van der Waals surface area contributed by atoms with E-state index in [0.717, 1.165) is 32.1 Å². The second-order valence-electron chi connectivity index (χ2n) is 5.64. The van der Waals surface area contributed by atoms with Crippen LogP contribution in [-0.2, 0) is 4.79 Å². The van der Waals surface area contributed by atoms with E-state index in [1.165, 1.54) is 0 Å². The number of rotatable bonds is 8. The second kappa shape index (κ2) is 7.07. The third kappa shape index (κ3) is 4.23. The van der Waals surface area contributed by atoms with Crippen LogP contribution < -0.4 is 11.1 Å². The highest BCUT2D eigenvalue weighted by Crippen LogP contribution is 2.31. The van der Waals surface area contributed by atoms with Gasteiger partial charge in [-0.25, -0.2) is 0 Å². The standard InChI is InChI=1S/C14H28N2OS/c1-6-9-14(10-7-2,11(15)18)12(17)16-13(4,5)8-3/h6-10H2,1-5H3,(H2,15,18)(H,16,17). The van der Waals surface area contributed by atoms with Gasteiger partial charge in [0.15, 0.2) is 0 Å². The Hall–Kier alpha value is -0.640. The maximum atomic E-state index is 12.6. The second-order valence-corrected chi connectivity index (χ2v) is 6.08. The fourth-order valence-corrected chi connectivity index (χ4v) is 2.38. The molecule has 1 amide bonds. The maximum Gasteiger partial charge on any atom is 0.233 e. The van der Waals surface area contributed by atoms with Gasteiger partial charge in [0.05, 0.1) is 10.4 Å². The first kappa shape index (κ1) is 17.4. The monoisotopic (exact) mass is 272 g/mol. The predicted molar refractivity (Wildman–Crippen MR) is 81.5 cm³/mol. The summed E-state index contributed by atoms with van der Waals surface area (Å²) in [6, 6.07) is 0. The Bertz CT molecular complexity index is 294. The third-order valence-corrected chi connectivity index (χ3v) is 3.99. The molecule has 0 rings (SSSR count). The number of nitrogens with two attached hydrogens (primary N) is 1. The van der Waals surface area contributed by atoms with Gasteiger partial charge in [0, 0.05) is 5.54 Å². The van der Waals surface area contributed by atoms with Gasteiger partial charge in [-0.15, -0.1) is 0 Å². The van der Waals surface area contributed by atoms with Gasteiger partial charge in [0.1, 0.15) is 0 Å². The van der Waals surface area contributed by atoms with Crippen LogP contribution in [0.25, 0.3) is 0 Å². The Morgan fingerprint density at radius 3 is 1.89 bits per heavy atom. The predicted octanol–water partition coefficient (Wildman–Crippen LogP) is 3.16. The zero-order valence-corrected chi connectivity index (χ0v) is 13.2. The summed E-state index contributed by atoms with van der Waals surface area (Å²) >= 11 is 5.18. The number of thiocarbonyl (C=S) groups is 1. The first-order valence-corrected chi connectivity index (χ1v) is 7.29. The van der Waals surface area contributed by atoms with Crippen molar-refractivity contribution in [3.05, 3.63) is 0 Å². The summed E-state index contributed by atoms with van der Waals surface area (Å²) in [4.78, 5) is 12.9. The van der Waals surface area contributed by atoms with E-state index < -0.39 is 5.41 Å². The molecule has 0 atom stereocenters. The number of amides is 1. The molecule has 0 saturated heterocycles. The Kier molecular flexibility index (Phi) is 6.82. The van der Waals surface area contributed by atoms with Crippen LogP contribution in [0.1, 0.15) is 66.7 Å². The van der Waals surface area contributed by atoms with Crippen LogP contribution in [0.5, 0.6) is 0 Å². The van der Waals surface area contributed by atoms with E-state index in [9.17, 15) is 4.79 Å². The Labute approximate surface area is 117 Å². The third-order valence-electron chi connectivity index (χ3n) is 3.60. The summed E-state index contributed by atoms with van der Waals surface area (Å²) in [7, 11) is 0. The number of carbonyl (C=O) groups excluding carboxylic acids is 1. The first-order chi connectivity index (χ1) is 8.25. The SMILES string of the molecule is CCCC(CCC)(C(=O)NC(C)(C)CC)C(N)=S. The quantitative estimate of drug-likeness (QED) is 0.667. The van der Waals surface area contributed by atoms with Gasteiger partial charge in [0.25, 0.3) is 0 Å². The number of hydrogen-bond donors (Lipinski definition) is 2. The van der Waals surface area contributed by atoms with Crippen LogP contribution in [0.2, 0.25) is 0 Å². The molecule has 4 heteroatoms. The number of carbonyl (C=O) groups is 1. The average Bonchev–Trinajstić information content (AvgIpc) is 2.27. The van der Waals surface area contributed by atoms with Crippen LogP contribution in [0.3, 0.4) is 0 Å². The molecular weight excluding hydrogens is 244 g/mol. The van der Waals surface area contributed by atoms with Gasteiger partial charge in [-0.3, -0.25) is 4.79 Å². The Morgan fingerprint density at radius 1 is 1.17 bits per heavy atom. The summed E-state index contributed by atoms with van der Waals surface area (Å²) in [6.45, 7) is 10.2. The lowest BCUT2D eigenvalue weighted by Crippen LogP contribution is -2.54. The molecule has 0 aromatic rings. The molecule has 0 aliphatic carbocycles. The fraction of sp³-hybridized carbons (Fsp3) is 0.857. The molecule has 3 nitrogen and oxygen atoms in total. The lowest BCUT2D eigenvalue weighted by molar-refractivity contribution is -0.129. The molecule has 106 valence electrons. The van der Waals surface area contributed by atoms with Gasteiger partial charge in [-0.05, 0) is 33.1 Å². The van der Waals surface area contributed by atoms with Crippen LogP contribution in [-0.4, -0.2) is 16.4 Å². The normalized spacial score (nSPS) is 12.3. The molecule has 0 aromatic heterocycles. The van der Waals surface area contributed by atoms with Gasteiger partial charge in [0.2, 0.25) is 5.91 Å². The molecule has 0 saturated carbocycles. The molecule has 0 aliphatic heterocycles. The first-order valence-electron chi connectivity index (χ1n) is 6.88. The number of hydrogen-bond acceptors (Lipinski definition) is 2. The average molecular weight is 272 g/mol. The van der Waals surface area contributed by atoms with Crippen molar-refractivity contribution >= 4 is 23.1 Å². The van der Waals surface area contributed by atoms with Crippen molar-refractivity contribution in [2.24, 2.45) is 11.1 Å². The summed E-state index contributed by atoms with van der Waals surface area (Å²) < 4.78 is 0. The molecule has 0 radical (unpaired) electrons. The van der Waals surface area contributed by atoms with Crippen molar-refractivity contribution in [3.63, 3.8) is 0 Å². The van der Waals surface area contributed by atoms with E-state index in [-0.39, 0.29) is 11.4 Å². The fourth-order valence-electron chi connectivity index (χ4n) is 2.08. The molecule has 0 spiro atoms. The van der Waals surface area contributed by atoms with Crippen molar-refractivity contribution in [1.29, 1.82) is 0 Å². The van der Waals surface area contributed by atoms with Crippen molar-refractivity contribution < 1.29 is 4.79 Å². The van der Waals surface area contributed by atoms with Crippen LogP contribution >= 0.6 is 12.2 Å². The van der Waals surface area contributed by atoms with Gasteiger partial charge in [-0.1, -0.05) is 45.8 Å². The van der Waals surface area contributed by atoms with E-state index in [1.807, 2.05) is 13.8 Å². The number of nitrogens with one attached hydrogen (secondary N) is 1. The summed E-state index contributed by atoms with van der Waals surface area (Å²) in [6.07, 6.45) is 4.13. The van der Waals surface area contributed by atoms with Gasteiger partial charge < -0.3 is 11.1 Å². The summed E-state index contributed by atoms with van der Waals surface area (Å²) in [5, 5.41) is 3.09. The lowest BCUT2D eigenvalue weighted by atomic mass is 9.77. The van der Waals surface area contributed by atoms with Crippen molar-refractivity contribution in [2.45, 2.75) is 72.3 Å². The van der Waals surface area contributed by atoms with E-state index in [0.29, 0.717) is 4.99 Å². The molecule has 0 bridgehead atoms. The summed E-state index contributed by atoms with van der Waals surface area (Å²) in [5.74, 6) is -0.00875. The van der Waals surface area contributed by atoms with Crippen molar-refractivity contribution in [3.8, 4) is 0 Å². The Morgan fingerprint density at radius 2 is 1.61 bits per heavy atom. The highest BCUT2D eigenvalue weighted by molar-refractivity contribution is 7.80.